The number of anilines is 1. The van der Waals surface area contributed by atoms with E-state index in [1.165, 1.54) is 25.6 Å². The maximum Gasteiger partial charge on any atom is 0.339 e. The van der Waals surface area contributed by atoms with E-state index < -0.39 is 5.97 Å². The van der Waals surface area contributed by atoms with Crippen LogP contribution in [0.2, 0.25) is 0 Å². The van der Waals surface area contributed by atoms with Crippen molar-refractivity contribution in [1.29, 1.82) is 0 Å². The molecular weight excluding hydrogens is 254 g/mol. The van der Waals surface area contributed by atoms with Gasteiger partial charge >= 0.3 is 5.97 Å². The molecule has 2 fully saturated rings. The zero-order valence-corrected chi connectivity index (χ0v) is 11.9. The number of aromatic carboxylic acids is 1. The summed E-state index contributed by atoms with van der Waals surface area (Å²) in [5.74, 6) is 0.0206. The summed E-state index contributed by atoms with van der Waals surface area (Å²) in [4.78, 5) is 20.1. The molecule has 1 aliphatic heterocycles. The van der Waals surface area contributed by atoms with Gasteiger partial charge in [-0.2, -0.15) is 0 Å². The van der Waals surface area contributed by atoms with E-state index in [9.17, 15) is 9.90 Å². The standard InChI is InChI=1S/C15H21N3O2/c1-11-8-14(13(9-16-11)15(19)20)18-6-4-17(5-7-18)10-12-2-3-12/h8-9,12H,2-7,10H2,1H3,(H,19,20). The molecule has 0 amide bonds. The Bertz CT molecular complexity index is 506. The summed E-state index contributed by atoms with van der Waals surface area (Å²) < 4.78 is 0. The minimum Gasteiger partial charge on any atom is -0.478 e. The van der Waals surface area contributed by atoms with Crippen LogP contribution in [-0.2, 0) is 0 Å². The number of carboxylic acids is 1. The number of pyridine rings is 1. The number of carbonyl (C=O) groups is 1. The fourth-order valence-corrected chi connectivity index (χ4v) is 2.81. The zero-order chi connectivity index (χ0) is 14.1. The molecule has 0 atom stereocenters. The van der Waals surface area contributed by atoms with Crippen molar-refractivity contribution in [2.24, 2.45) is 5.92 Å². The highest BCUT2D eigenvalue weighted by Gasteiger charge is 2.27. The van der Waals surface area contributed by atoms with Crippen molar-refractivity contribution in [2.45, 2.75) is 19.8 Å². The fourth-order valence-electron chi connectivity index (χ4n) is 2.81. The number of hydrogen-bond donors (Lipinski definition) is 1. The topological polar surface area (TPSA) is 56.7 Å². The lowest BCUT2D eigenvalue weighted by Gasteiger charge is -2.36. The van der Waals surface area contributed by atoms with Crippen LogP contribution in [0, 0.1) is 12.8 Å². The van der Waals surface area contributed by atoms with Crippen LogP contribution in [0.15, 0.2) is 12.3 Å². The summed E-state index contributed by atoms with van der Waals surface area (Å²) in [7, 11) is 0. The molecule has 3 rings (SSSR count). The predicted molar refractivity (Wildman–Crippen MR) is 77.3 cm³/mol. The van der Waals surface area contributed by atoms with Crippen LogP contribution in [-0.4, -0.2) is 53.7 Å². The number of aromatic nitrogens is 1. The Morgan fingerprint density at radius 1 is 1.35 bits per heavy atom. The average Bonchev–Trinajstić information content (AvgIpc) is 3.23. The van der Waals surface area contributed by atoms with Gasteiger partial charge < -0.3 is 10.0 Å². The molecule has 2 heterocycles. The van der Waals surface area contributed by atoms with Gasteiger partial charge in [0.1, 0.15) is 5.56 Å². The lowest BCUT2D eigenvalue weighted by Crippen LogP contribution is -2.47. The molecular formula is C15H21N3O2. The van der Waals surface area contributed by atoms with Gasteiger partial charge in [0.15, 0.2) is 0 Å². The molecule has 2 aliphatic rings. The molecule has 20 heavy (non-hydrogen) atoms. The Morgan fingerprint density at radius 3 is 2.65 bits per heavy atom. The molecule has 1 aromatic rings. The van der Waals surface area contributed by atoms with E-state index >= 15 is 0 Å². The molecule has 0 radical (unpaired) electrons. The Labute approximate surface area is 119 Å². The van der Waals surface area contributed by atoms with Crippen molar-refractivity contribution in [2.75, 3.05) is 37.6 Å². The van der Waals surface area contributed by atoms with Gasteiger partial charge in [0.25, 0.3) is 0 Å². The molecule has 1 saturated heterocycles. The highest BCUT2D eigenvalue weighted by molar-refractivity contribution is 5.94. The molecule has 1 saturated carbocycles. The molecule has 5 nitrogen and oxygen atoms in total. The molecule has 0 spiro atoms. The molecule has 0 unspecified atom stereocenters. The largest absolute Gasteiger partial charge is 0.478 e. The normalized spacial score (nSPS) is 20.1. The Kier molecular flexibility index (Phi) is 3.61. The molecule has 108 valence electrons. The van der Waals surface area contributed by atoms with Gasteiger partial charge in [-0.1, -0.05) is 0 Å². The van der Waals surface area contributed by atoms with Gasteiger partial charge in [0.2, 0.25) is 0 Å². The zero-order valence-electron chi connectivity index (χ0n) is 11.9. The van der Waals surface area contributed by atoms with Crippen molar-refractivity contribution in [3.05, 3.63) is 23.5 Å². The molecule has 1 N–H and O–H groups in total. The van der Waals surface area contributed by atoms with E-state index in [2.05, 4.69) is 14.8 Å². The molecule has 0 bridgehead atoms. The van der Waals surface area contributed by atoms with Gasteiger partial charge in [0, 0.05) is 44.6 Å². The minimum absolute atomic E-state index is 0.311. The second-order valence-electron chi connectivity index (χ2n) is 5.88. The van der Waals surface area contributed by atoms with E-state index in [4.69, 9.17) is 0 Å². The highest BCUT2D eigenvalue weighted by atomic mass is 16.4. The Morgan fingerprint density at radius 2 is 2.05 bits per heavy atom. The monoisotopic (exact) mass is 275 g/mol. The smallest absolute Gasteiger partial charge is 0.339 e. The van der Waals surface area contributed by atoms with E-state index in [0.29, 0.717) is 5.56 Å². The van der Waals surface area contributed by atoms with E-state index in [0.717, 1.165) is 43.5 Å². The lowest BCUT2D eigenvalue weighted by molar-refractivity contribution is 0.0697. The molecule has 1 aromatic heterocycles. The van der Waals surface area contributed by atoms with Crippen molar-refractivity contribution < 1.29 is 9.90 Å². The predicted octanol–water partition coefficient (Wildman–Crippen LogP) is 1.62. The fraction of sp³-hybridized carbons (Fsp3) is 0.600. The summed E-state index contributed by atoms with van der Waals surface area (Å²) in [5, 5.41) is 9.29. The van der Waals surface area contributed by atoms with Gasteiger partial charge in [-0.05, 0) is 31.7 Å². The van der Waals surface area contributed by atoms with Gasteiger partial charge in [0.05, 0.1) is 5.69 Å². The minimum atomic E-state index is -0.895. The van der Waals surface area contributed by atoms with Crippen LogP contribution in [0.5, 0.6) is 0 Å². The lowest BCUT2D eigenvalue weighted by atomic mass is 10.1. The molecule has 0 aromatic carbocycles. The first kappa shape index (κ1) is 13.4. The number of piperazine rings is 1. The summed E-state index contributed by atoms with van der Waals surface area (Å²) in [5.41, 5.74) is 1.99. The van der Waals surface area contributed by atoms with Crippen molar-refractivity contribution in [3.63, 3.8) is 0 Å². The van der Waals surface area contributed by atoms with Crippen LogP contribution < -0.4 is 4.90 Å². The first-order chi connectivity index (χ1) is 9.63. The van der Waals surface area contributed by atoms with E-state index in [1.54, 1.807) is 0 Å². The van der Waals surface area contributed by atoms with E-state index in [1.807, 2.05) is 13.0 Å². The average molecular weight is 275 g/mol. The van der Waals surface area contributed by atoms with Crippen molar-refractivity contribution >= 4 is 11.7 Å². The van der Waals surface area contributed by atoms with Crippen LogP contribution >= 0.6 is 0 Å². The summed E-state index contributed by atoms with van der Waals surface area (Å²) in [6, 6.07) is 1.89. The Hall–Kier alpha value is -1.62. The summed E-state index contributed by atoms with van der Waals surface area (Å²) in [6.07, 6.45) is 4.24. The second-order valence-corrected chi connectivity index (χ2v) is 5.88. The third kappa shape index (κ3) is 2.93. The summed E-state index contributed by atoms with van der Waals surface area (Å²) in [6.45, 7) is 6.97. The second kappa shape index (κ2) is 5.40. The number of aryl methyl sites for hydroxylation is 1. The van der Waals surface area contributed by atoms with Crippen LogP contribution in [0.25, 0.3) is 0 Å². The van der Waals surface area contributed by atoms with Crippen molar-refractivity contribution in [3.8, 4) is 0 Å². The maximum atomic E-state index is 11.3. The van der Waals surface area contributed by atoms with Crippen LogP contribution in [0.1, 0.15) is 28.9 Å². The quantitative estimate of drug-likeness (QED) is 0.905. The molecule has 5 heteroatoms. The van der Waals surface area contributed by atoms with E-state index in [-0.39, 0.29) is 0 Å². The molecule has 1 aliphatic carbocycles. The first-order valence-corrected chi connectivity index (χ1v) is 7.31. The Balaban J connectivity index is 1.70. The number of nitrogens with zero attached hydrogens (tertiary/aromatic N) is 3. The summed E-state index contributed by atoms with van der Waals surface area (Å²) >= 11 is 0. The highest BCUT2D eigenvalue weighted by Crippen LogP contribution is 2.30. The number of rotatable bonds is 4. The SMILES string of the molecule is Cc1cc(N2CCN(CC3CC3)CC2)c(C(=O)O)cn1. The van der Waals surface area contributed by atoms with Crippen LogP contribution in [0.3, 0.4) is 0 Å². The third-order valence-corrected chi connectivity index (χ3v) is 4.18. The number of hydrogen-bond acceptors (Lipinski definition) is 4. The number of carboxylic acid groups (broad SMARTS) is 1. The third-order valence-electron chi connectivity index (χ3n) is 4.18. The van der Waals surface area contributed by atoms with Gasteiger partial charge in [-0.25, -0.2) is 4.79 Å². The van der Waals surface area contributed by atoms with Crippen LogP contribution in [0.4, 0.5) is 5.69 Å². The first-order valence-electron chi connectivity index (χ1n) is 7.31. The van der Waals surface area contributed by atoms with Gasteiger partial charge in [-0.3, -0.25) is 9.88 Å². The van der Waals surface area contributed by atoms with Crippen molar-refractivity contribution in [1.82, 2.24) is 9.88 Å². The van der Waals surface area contributed by atoms with Gasteiger partial charge in [-0.15, -0.1) is 0 Å². The maximum absolute atomic E-state index is 11.3.